The van der Waals surface area contributed by atoms with Crippen LogP contribution in [0.1, 0.15) is 31.8 Å². The lowest BCUT2D eigenvalue weighted by Crippen LogP contribution is -2.30. The lowest BCUT2D eigenvalue weighted by molar-refractivity contribution is -0.114. The molecule has 0 aliphatic rings. The number of thioether (sulfide) groups is 1. The number of thiophene rings is 1. The number of anilines is 2. The van der Waals surface area contributed by atoms with Crippen molar-refractivity contribution in [2.45, 2.75) is 11.8 Å². The van der Waals surface area contributed by atoms with E-state index in [1.807, 2.05) is 36.6 Å². The molecule has 0 aliphatic carbocycles. The van der Waals surface area contributed by atoms with Gasteiger partial charge in [-0.15, -0.1) is 23.1 Å². The van der Waals surface area contributed by atoms with E-state index >= 15 is 0 Å². The molecular weight excluding hydrogens is 715 g/mol. The molecule has 5 rings (SSSR count). The van der Waals surface area contributed by atoms with Gasteiger partial charge >= 0.3 is 5.97 Å². The number of nitrogens with one attached hydrogen (secondary N) is 3. The van der Waals surface area contributed by atoms with Crippen LogP contribution in [0.5, 0.6) is 17.2 Å². The van der Waals surface area contributed by atoms with Gasteiger partial charge in [-0.3, -0.25) is 14.4 Å². The molecule has 0 aliphatic heterocycles. The monoisotopic (exact) mass is 751 g/mol. The van der Waals surface area contributed by atoms with E-state index in [9.17, 15) is 19.2 Å². The molecule has 13 heteroatoms. The molecule has 0 fully saturated rings. The van der Waals surface area contributed by atoms with Gasteiger partial charge in [0.15, 0.2) is 11.5 Å². The minimum absolute atomic E-state index is 0.0210. The van der Waals surface area contributed by atoms with Crippen molar-refractivity contribution in [3.63, 3.8) is 0 Å². The second kappa shape index (κ2) is 17.9. The second-order valence-corrected chi connectivity index (χ2v) is 13.3. The van der Waals surface area contributed by atoms with E-state index in [-0.39, 0.29) is 17.4 Å². The summed E-state index contributed by atoms with van der Waals surface area (Å²) in [4.78, 5) is 53.5. The zero-order valence-corrected chi connectivity index (χ0v) is 31.2. The van der Waals surface area contributed by atoms with Gasteiger partial charge in [-0.05, 0) is 55.0 Å². The Kier molecular flexibility index (Phi) is 12.9. The molecule has 0 saturated heterocycles. The minimum atomic E-state index is -0.608. The van der Waals surface area contributed by atoms with Crippen molar-refractivity contribution in [2.24, 2.45) is 0 Å². The normalized spacial score (nSPS) is 10.9. The topological polar surface area (TPSA) is 141 Å². The predicted octanol–water partition coefficient (Wildman–Crippen LogP) is 7.68. The van der Waals surface area contributed by atoms with E-state index in [4.69, 9.17) is 18.9 Å². The van der Waals surface area contributed by atoms with Crippen LogP contribution in [-0.4, -0.2) is 57.9 Å². The fourth-order valence-corrected chi connectivity index (χ4v) is 6.87. The lowest BCUT2D eigenvalue weighted by Gasteiger charge is -2.15. The van der Waals surface area contributed by atoms with Crippen LogP contribution in [0.25, 0.3) is 17.2 Å². The quantitative estimate of drug-likeness (QED) is 0.0592. The minimum Gasteiger partial charge on any atom is -0.496 e. The Morgan fingerprint density at radius 1 is 0.774 bits per heavy atom. The summed E-state index contributed by atoms with van der Waals surface area (Å²) in [5, 5.41) is 10.6. The average Bonchev–Trinajstić information content (AvgIpc) is 3.60. The smallest absolute Gasteiger partial charge is 0.341 e. The molecule has 4 aromatic carbocycles. The van der Waals surface area contributed by atoms with Crippen LogP contribution in [-0.2, 0) is 14.3 Å². The first-order valence-electron chi connectivity index (χ1n) is 16.1. The highest BCUT2D eigenvalue weighted by Crippen LogP contribution is 2.37. The molecule has 0 unspecified atom stereocenters. The Bertz CT molecular complexity index is 2150. The number of aryl methyl sites for hydroxylation is 1. The number of hydrogen-bond acceptors (Lipinski definition) is 10. The molecule has 11 nitrogen and oxygen atoms in total. The van der Waals surface area contributed by atoms with E-state index in [0.717, 1.165) is 11.1 Å². The Balaban J connectivity index is 1.33. The molecule has 0 saturated carbocycles. The van der Waals surface area contributed by atoms with Gasteiger partial charge in [0.25, 0.3) is 11.8 Å². The predicted molar refractivity (Wildman–Crippen MR) is 208 cm³/mol. The summed E-state index contributed by atoms with van der Waals surface area (Å²) in [7, 11) is 5.76. The zero-order valence-electron chi connectivity index (χ0n) is 29.6. The van der Waals surface area contributed by atoms with Crippen molar-refractivity contribution in [3.05, 3.63) is 124 Å². The highest BCUT2D eigenvalue weighted by Gasteiger charge is 2.23. The van der Waals surface area contributed by atoms with Gasteiger partial charge < -0.3 is 34.9 Å². The zero-order chi connectivity index (χ0) is 37.9. The number of benzene rings is 4. The van der Waals surface area contributed by atoms with Crippen LogP contribution >= 0.6 is 23.1 Å². The van der Waals surface area contributed by atoms with Crippen LogP contribution in [0.4, 0.5) is 10.7 Å². The van der Waals surface area contributed by atoms with Gasteiger partial charge in [0.05, 0.1) is 34.2 Å². The van der Waals surface area contributed by atoms with Crippen LogP contribution in [0.3, 0.4) is 0 Å². The van der Waals surface area contributed by atoms with Gasteiger partial charge in [0.2, 0.25) is 5.91 Å². The molecule has 0 spiro atoms. The third-order valence-corrected chi connectivity index (χ3v) is 9.71. The molecule has 3 amide bonds. The van der Waals surface area contributed by atoms with Crippen LogP contribution < -0.4 is 30.2 Å². The SMILES string of the molecule is COC(=O)c1c(-c2ccc(C)cc2)csc1NC(=O)CSc1cccc(NC(=O)/C(=C\c2cc(OC)c(OC)cc2OC)NC(=O)c2ccccc2)c1. The van der Waals surface area contributed by atoms with Gasteiger partial charge in [0.1, 0.15) is 22.0 Å². The van der Waals surface area contributed by atoms with Crippen molar-refractivity contribution in [1.82, 2.24) is 5.32 Å². The maximum atomic E-state index is 13.8. The highest BCUT2D eigenvalue weighted by molar-refractivity contribution is 8.00. The molecule has 0 bridgehead atoms. The number of esters is 1. The van der Waals surface area contributed by atoms with Gasteiger partial charge in [-0.2, -0.15) is 0 Å². The number of amides is 3. The molecule has 272 valence electrons. The summed E-state index contributed by atoms with van der Waals surface area (Å²) in [5.74, 6) is -0.753. The highest BCUT2D eigenvalue weighted by atomic mass is 32.2. The van der Waals surface area contributed by atoms with Crippen molar-refractivity contribution in [1.29, 1.82) is 0 Å². The maximum Gasteiger partial charge on any atom is 0.341 e. The van der Waals surface area contributed by atoms with E-state index in [2.05, 4.69) is 16.0 Å². The Hall–Kier alpha value is -6.05. The third kappa shape index (κ3) is 9.64. The van der Waals surface area contributed by atoms with Gasteiger partial charge in [0, 0.05) is 38.7 Å². The summed E-state index contributed by atoms with van der Waals surface area (Å²) >= 11 is 2.49. The molecule has 1 aromatic heterocycles. The molecule has 53 heavy (non-hydrogen) atoms. The molecule has 3 N–H and O–H groups in total. The molecule has 0 radical (unpaired) electrons. The first-order chi connectivity index (χ1) is 25.6. The molecule has 1 heterocycles. The number of ether oxygens (including phenoxy) is 4. The number of rotatable bonds is 14. The van der Waals surface area contributed by atoms with Crippen molar-refractivity contribution < 1.29 is 38.1 Å². The average molecular weight is 752 g/mol. The van der Waals surface area contributed by atoms with Gasteiger partial charge in [-0.1, -0.05) is 54.1 Å². The first-order valence-corrected chi connectivity index (χ1v) is 18.0. The molecule has 5 aromatic rings. The van der Waals surface area contributed by atoms with Gasteiger partial charge in [-0.25, -0.2) is 4.79 Å². The molecule has 0 atom stereocenters. The fourth-order valence-electron chi connectivity index (χ4n) is 5.14. The van der Waals surface area contributed by atoms with E-state index in [0.29, 0.717) is 55.1 Å². The maximum absolute atomic E-state index is 13.8. The summed E-state index contributed by atoms with van der Waals surface area (Å²) in [5.41, 5.74) is 4.05. The van der Waals surface area contributed by atoms with Crippen molar-refractivity contribution in [3.8, 4) is 28.4 Å². The lowest BCUT2D eigenvalue weighted by atomic mass is 10.0. The second-order valence-electron chi connectivity index (χ2n) is 11.4. The summed E-state index contributed by atoms with van der Waals surface area (Å²) in [6, 6.07) is 26.4. The number of hydrogen-bond donors (Lipinski definition) is 3. The van der Waals surface area contributed by atoms with E-state index in [1.54, 1.807) is 66.7 Å². The molecular formula is C40H37N3O8S2. The third-order valence-electron chi connectivity index (χ3n) is 7.82. The summed E-state index contributed by atoms with van der Waals surface area (Å²) < 4.78 is 21.4. The van der Waals surface area contributed by atoms with Crippen LogP contribution in [0.15, 0.2) is 107 Å². The summed E-state index contributed by atoms with van der Waals surface area (Å²) in [6.45, 7) is 1.98. The number of methoxy groups -OCH3 is 4. The fraction of sp³-hybridized carbons (Fsp3) is 0.150. The standard InChI is InChI=1S/C40H37N3O8S2/c1-24-14-16-25(17-15-24)30-22-53-39(36(30)40(47)51-5)43-35(44)23-52-29-13-9-12-28(20-29)41-38(46)31(42-37(45)26-10-7-6-8-11-26)18-27-19-33(49-3)34(50-4)21-32(27)48-2/h6-22H,23H2,1-5H3,(H,41,46)(H,42,45)(H,43,44)/b31-18+. The Labute approximate surface area is 315 Å². The number of carbonyl (C=O) groups is 4. The largest absolute Gasteiger partial charge is 0.496 e. The van der Waals surface area contributed by atoms with E-state index < -0.39 is 17.8 Å². The van der Waals surface area contributed by atoms with Crippen LogP contribution in [0, 0.1) is 6.92 Å². The van der Waals surface area contributed by atoms with Crippen LogP contribution in [0.2, 0.25) is 0 Å². The van der Waals surface area contributed by atoms with E-state index in [1.165, 1.54) is 57.6 Å². The Morgan fingerprint density at radius 3 is 2.15 bits per heavy atom. The van der Waals surface area contributed by atoms with Crippen molar-refractivity contribution in [2.75, 3.05) is 44.8 Å². The first kappa shape index (κ1) is 38.2. The summed E-state index contributed by atoms with van der Waals surface area (Å²) in [6.07, 6.45) is 1.48. The number of carbonyl (C=O) groups excluding carboxylic acids is 4. The van der Waals surface area contributed by atoms with Crippen molar-refractivity contribution >= 4 is 63.6 Å². The Morgan fingerprint density at radius 2 is 1.47 bits per heavy atom.